The SMILES string of the molecule is O=C(O)C1CCCCC1OP(=O)(O)O. The highest BCUT2D eigenvalue weighted by atomic mass is 31.2. The third-order valence-electron chi connectivity index (χ3n) is 2.29. The van der Waals surface area contributed by atoms with Crippen LogP contribution in [0.4, 0.5) is 0 Å². The van der Waals surface area contributed by atoms with E-state index in [1.807, 2.05) is 0 Å². The van der Waals surface area contributed by atoms with Crippen LogP contribution in [0.1, 0.15) is 25.7 Å². The number of hydrogen-bond donors (Lipinski definition) is 3. The molecule has 7 heteroatoms. The molecule has 0 aromatic rings. The van der Waals surface area contributed by atoms with Gasteiger partial charge in [-0.3, -0.25) is 9.32 Å². The van der Waals surface area contributed by atoms with Gasteiger partial charge in [0, 0.05) is 0 Å². The lowest BCUT2D eigenvalue weighted by molar-refractivity contribution is -0.146. The largest absolute Gasteiger partial charge is 0.481 e. The monoisotopic (exact) mass is 224 g/mol. The minimum Gasteiger partial charge on any atom is -0.481 e. The van der Waals surface area contributed by atoms with Gasteiger partial charge in [-0.1, -0.05) is 12.8 Å². The van der Waals surface area contributed by atoms with Crippen molar-refractivity contribution >= 4 is 13.8 Å². The molecule has 0 aromatic heterocycles. The van der Waals surface area contributed by atoms with E-state index in [0.717, 1.165) is 12.8 Å². The number of hydrogen-bond acceptors (Lipinski definition) is 3. The van der Waals surface area contributed by atoms with Crippen molar-refractivity contribution in [2.24, 2.45) is 5.92 Å². The molecule has 1 saturated carbocycles. The molecule has 0 heterocycles. The van der Waals surface area contributed by atoms with E-state index in [-0.39, 0.29) is 0 Å². The zero-order chi connectivity index (χ0) is 10.8. The van der Waals surface area contributed by atoms with E-state index < -0.39 is 25.8 Å². The topological polar surface area (TPSA) is 104 Å². The van der Waals surface area contributed by atoms with E-state index in [2.05, 4.69) is 4.52 Å². The quantitative estimate of drug-likeness (QED) is 0.610. The molecule has 2 atom stereocenters. The molecule has 6 nitrogen and oxygen atoms in total. The van der Waals surface area contributed by atoms with E-state index in [4.69, 9.17) is 14.9 Å². The lowest BCUT2D eigenvalue weighted by atomic mass is 9.87. The molecule has 1 fully saturated rings. The Bertz CT molecular complexity index is 259. The van der Waals surface area contributed by atoms with Gasteiger partial charge in [0.05, 0.1) is 12.0 Å². The fraction of sp³-hybridized carbons (Fsp3) is 0.857. The van der Waals surface area contributed by atoms with Gasteiger partial charge in [0.15, 0.2) is 0 Å². The van der Waals surface area contributed by atoms with Crippen LogP contribution in [0.25, 0.3) is 0 Å². The maximum Gasteiger partial charge on any atom is 0.469 e. The summed E-state index contributed by atoms with van der Waals surface area (Å²) in [4.78, 5) is 27.8. The molecule has 3 N–H and O–H groups in total. The number of phosphoric ester groups is 1. The fourth-order valence-electron chi connectivity index (χ4n) is 1.68. The Labute approximate surface area is 81.1 Å². The lowest BCUT2D eigenvalue weighted by Crippen LogP contribution is -2.32. The number of carbonyl (C=O) groups is 1. The number of carboxylic acid groups (broad SMARTS) is 1. The van der Waals surface area contributed by atoms with Crippen LogP contribution in [0.2, 0.25) is 0 Å². The summed E-state index contributed by atoms with van der Waals surface area (Å²) < 4.78 is 15.0. The first-order valence-electron chi connectivity index (χ1n) is 4.37. The number of rotatable bonds is 3. The summed E-state index contributed by atoms with van der Waals surface area (Å²) in [6, 6.07) is 0. The lowest BCUT2D eigenvalue weighted by Gasteiger charge is -2.28. The second-order valence-corrected chi connectivity index (χ2v) is 4.56. The molecule has 1 aliphatic rings. The van der Waals surface area contributed by atoms with Crippen molar-refractivity contribution in [2.75, 3.05) is 0 Å². The molecule has 82 valence electrons. The average molecular weight is 224 g/mol. The third kappa shape index (κ3) is 3.38. The molecule has 0 spiro atoms. The zero-order valence-electron chi connectivity index (χ0n) is 7.50. The summed E-state index contributed by atoms with van der Waals surface area (Å²) in [5.74, 6) is -1.85. The van der Waals surface area contributed by atoms with E-state index in [1.54, 1.807) is 0 Å². The molecule has 2 unspecified atom stereocenters. The number of aliphatic carboxylic acids is 1. The van der Waals surface area contributed by atoms with Crippen LogP contribution in [-0.4, -0.2) is 27.0 Å². The minimum atomic E-state index is -4.57. The Morgan fingerprint density at radius 2 is 1.86 bits per heavy atom. The van der Waals surface area contributed by atoms with Crippen LogP contribution in [0, 0.1) is 5.92 Å². The molecular formula is C7H13O6P. The van der Waals surface area contributed by atoms with Crippen LogP contribution in [0.5, 0.6) is 0 Å². The predicted molar refractivity (Wildman–Crippen MR) is 46.5 cm³/mol. The Morgan fingerprint density at radius 3 is 2.36 bits per heavy atom. The summed E-state index contributed by atoms with van der Waals surface area (Å²) in [6.45, 7) is 0. The van der Waals surface area contributed by atoms with Gasteiger partial charge < -0.3 is 14.9 Å². The van der Waals surface area contributed by atoms with Gasteiger partial charge in [-0.2, -0.15) is 0 Å². The standard InChI is InChI=1S/C7H13O6P/c8-7(9)5-3-1-2-4-6(5)13-14(10,11)12/h5-6H,1-4H2,(H,8,9)(H2,10,11,12). The van der Waals surface area contributed by atoms with Gasteiger partial charge in [0.1, 0.15) is 0 Å². The van der Waals surface area contributed by atoms with Gasteiger partial charge in [0.2, 0.25) is 0 Å². The van der Waals surface area contributed by atoms with Crippen LogP contribution in [-0.2, 0) is 13.9 Å². The van der Waals surface area contributed by atoms with E-state index in [1.165, 1.54) is 0 Å². The van der Waals surface area contributed by atoms with Crippen molar-refractivity contribution in [2.45, 2.75) is 31.8 Å². The smallest absolute Gasteiger partial charge is 0.469 e. The van der Waals surface area contributed by atoms with Gasteiger partial charge in [-0.05, 0) is 12.8 Å². The normalized spacial score (nSPS) is 28.7. The van der Waals surface area contributed by atoms with Crippen LogP contribution >= 0.6 is 7.82 Å². The molecule has 1 aliphatic carbocycles. The van der Waals surface area contributed by atoms with Crippen molar-refractivity contribution in [1.82, 2.24) is 0 Å². The van der Waals surface area contributed by atoms with Gasteiger partial charge in [0.25, 0.3) is 0 Å². The van der Waals surface area contributed by atoms with Gasteiger partial charge >= 0.3 is 13.8 Å². The highest BCUT2D eigenvalue weighted by Gasteiger charge is 2.35. The zero-order valence-corrected chi connectivity index (χ0v) is 8.39. The molecule has 0 radical (unpaired) electrons. The molecule has 0 aromatic carbocycles. The van der Waals surface area contributed by atoms with E-state index in [9.17, 15) is 9.36 Å². The molecule has 14 heavy (non-hydrogen) atoms. The Hall–Kier alpha value is -0.420. The van der Waals surface area contributed by atoms with Crippen molar-refractivity contribution < 1.29 is 28.8 Å². The maximum absolute atomic E-state index is 10.7. The second-order valence-electron chi connectivity index (χ2n) is 3.36. The number of phosphoric acid groups is 1. The summed E-state index contributed by atoms with van der Waals surface area (Å²) in [5.41, 5.74) is 0. The van der Waals surface area contributed by atoms with Crippen LogP contribution in [0.3, 0.4) is 0 Å². The van der Waals surface area contributed by atoms with Crippen molar-refractivity contribution in [3.8, 4) is 0 Å². The Balaban J connectivity index is 2.63. The first kappa shape index (κ1) is 11.7. The molecule has 0 bridgehead atoms. The Morgan fingerprint density at radius 1 is 1.29 bits per heavy atom. The highest BCUT2D eigenvalue weighted by Crippen LogP contribution is 2.42. The second kappa shape index (κ2) is 4.40. The molecular weight excluding hydrogens is 211 g/mol. The summed E-state index contributed by atoms with van der Waals surface area (Å²) in [5, 5.41) is 8.77. The summed E-state index contributed by atoms with van der Waals surface area (Å²) >= 11 is 0. The highest BCUT2D eigenvalue weighted by molar-refractivity contribution is 7.46. The third-order valence-corrected chi connectivity index (χ3v) is 2.84. The first-order valence-corrected chi connectivity index (χ1v) is 5.90. The van der Waals surface area contributed by atoms with Gasteiger partial charge in [-0.15, -0.1) is 0 Å². The van der Waals surface area contributed by atoms with E-state index in [0.29, 0.717) is 12.8 Å². The molecule has 0 saturated heterocycles. The summed E-state index contributed by atoms with van der Waals surface area (Å²) in [6.07, 6.45) is 1.45. The predicted octanol–water partition coefficient (Wildman–Crippen LogP) is 0.739. The molecule has 1 rings (SSSR count). The molecule has 0 amide bonds. The van der Waals surface area contributed by atoms with Crippen LogP contribution < -0.4 is 0 Å². The Kier molecular flexibility index (Phi) is 3.66. The maximum atomic E-state index is 10.7. The fourth-order valence-corrected chi connectivity index (χ4v) is 2.29. The van der Waals surface area contributed by atoms with Crippen molar-refractivity contribution in [3.05, 3.63) is 0 Å². The average Bonchev–Trinajstić information content (AvgIpc) is 2.01. The van der Waals surface area contributed by atoms with Crippen molar-refractivity contribution in [3.63, 3.8) is 0 Å². The van der Waals surface area contributed by atoms with E-state index >= 15 is 0 Å². The molecule has 0 aliphatic heterocycles. The first-order chi connectivity index (χ1) is 6.40. The van der Waals surface area contributed by atoms with Gasteiger partial charge in [-0.25, -0.2) is 4.57 Å². The van der Waals surface area contributed by atoms with Crippen molar-refractivity contribution in [1.29, 1.82) is 0 Å². The minimum absolute atomic E-state index is 0.391. The summed E-state index contributed by atoms with van der Waals surface area (Å²) in [7, 11) is -4.57. The van der Waals surface area contributed by atoms with Crippen LogP contribution in [0.15, 0.2) is 0 Å². The number of carboxylic acids is 1.